The van der Waals surface area contributed by atoms with Crippen LogP contribution in [0, 0.1) is 0 Å². The molecule has 0 saturated carbocycles. The van der Waals surface area contributed by atoms with Gasteiger partial charge in [0.25, 0.3) is 11.8 Å². The summed E-state index contributed by atoms with van der Waals surface area (Å²) in [7, 11) is 0. The molecule has 2 aliphatic rings. The predicted molar refractivity (Wildman–Crippen MR) is 122 cm³/mol. The zero-order valence-electron chi connectivity index (χ0n) is 18.8. The van der Waals surface area contributed by atoms with E-state index in [-0.39, 0.29) is 29.7 Å². The molecule has 0 atom stereocenters. The van der Waals surface area contributed by atoms with Crippen molar-refractivity contribution in [3.63, 3.8) is 0 Å². The number of rotatable bonds is 5. The van der Waals surface area contributed by atoms with E-state index in [1.807, 2.05) is 11.0 Å². The molecular weight excluding hydrogens is 422 g/mol. The Morgan fingerprint density at radius 1 is 1.06 bits per heavy atom. The highest BCUT2D eigenvalue weighted by molar-refractivity contribution is 6.14. The highest BCUT2D eigenvalue weighted by Crippen LogP contribution is 2.31. The number of fused-ring (bicyclic) bond motifs is 1. The number of nitrogens with one attached hydrogen (secondary N) is 1. The first-order chi connectivity index (χ1) is 15.9. The van der Waals surface area contributed by atoms with Crippen molar-refractivity contribution in [3.8, 4) is 0 Å². The summed E-state index contributed by atoms with van der Waals surface area (Å²) in [6.45, 7) is 5.12. The first-order valence-corrected chi connectivity index (χ1v) is 11.2. The minimum absolute atomic E-state index is 0.00520. The molecule has 8 nitrogen and oxygen atoms in total. The largest absolute Gasteiger partial charge is 0.450 e. The van der Waals surface area contributed by atoms with Gasteiger partial charge in [-0.05, 0) is 62.6 Å². The van der Waals surface area contributed by atoms with Gasteiger partial charge in [-0.15, -0.1) is 0 Å². The van der Waals surface area contributed by atoms with Gasteiger partial charge < -0.3 is 19.9 Å². The number of ketones is 1. The lowest BCUT2D eigenvalue weighted by molar-refractivity contribution is 0.0556. The van der Waals surface area contributed by atoms with Gasteiger partial charge in [-0.25, -0.2) is 4.79 Å². The summed E-state index contributed by atoms with van der Waals surface area (Å²) >= 11 is 0. The minimum atomic E-state index is -0.366. The molecule has 2 heterocycles. The molecule has 33 heavy (non-hydrogen) atoms. The number of carbonyl (C=O) groups is 4. The van der Waals surface area contributed by atoms with Crippen LogP contribution in [0.1, 0.15) is 63.3 Å². The van der Waals surface area contributed by atoms with E-state index in [4.69, 9.17) is 4.74 Å². The van der Waals surface area contributed by atoms with Crippen LogP contribution in [-0.4, -0.2) is 59.2 Å². The molecular formula is C25H27N3O5. The molecule has 2 aliphatic heterocycles. The molecule has 2 aromatic rings. The summed E-state index contributed by atoms with van der Waals surface area (Å²) in [5.41, 5.74) is 2.71. The molecule has 0 radical (unpaired) electrons. The maximum Gasteiger partial charge on any atom is 0.409 e. The second-order valence-corrected chi connectivity index (χ2v) is 8.28. The van der Waals surface area contributed by atoms with Crippen LogP contribution in [0.3, 0.4) is 0 Å². The third-order valence-corrected chi connectivity index (χ3v) is 6.19. The van der Waals surface area contributed by atoms with Crippen LogP contribution in [-0.2, 0) is 11.3 Å². The lowest BCUT2D eigenvalue weighted by atomic mass is 10.0. The Balaban J connectivity index is 1.46. The smallest absolute Gasteiger partial charge is 0.409 e. The van der Waals surface area contributed by atoms with E-state index in [0.717, 1.165) is 5.56 Å². The van der Waals surface area contributed by atoms with Crippen LogP contribution in [0.25, 0.3) is 0 Å². The molecule has 4 rings (SSSR count). The molecule has 1 N–H and O–H groups in total. The van der Waals surface area contributed by atoms with Crippen molar-refractivity contribution in [2.24, 2.45) is 0 Å². The van der Waals surface area contributed by atoms with Crippen LogP contribution < -0.4 is 5.32 Å². The van der Waals surface area contributed by atoms with Crippen molar-refractivity contribution < 1.29 is 23.9 Å². The summed E-state index contributed by atoms with van der Waals surface area (Å²) in [5, 5.41) is 2.82. The summed E-state index contributed by atoms with van der Waals surface area (Å²) < 4.78 is 5.07. The van der Waals surface area contributed by atoms with Crippen LogP contribution in [0.2, 0.25) is 0 Å². The first-order valence-electron chi connectivity index (χ1n) is 11.2. The minimum Gasteiger partial charge on any atom is -0.450 e. The number of hydrogen-bond acceptors (Lipinski definition) is 5. The van der Waals surface area contributed by atoms with E-state index in [2.05, 4.69) is 5.32 Å². The van der Waals surface area contributed by atoms with E-state index in [1.54, 1.807) is 48.2 Å². The Kier molecular flexibility index (Phi) is 6.44. The zero-order chi connectivity index (χ0) is 23.5. The SMILES string of the molecule is CCOC(=O)N1CCC(N2Cc3cccc(C(=O)Nc4ccc(C(C)=O)cc4)c3C2=O)CC1. The summed E-state index contributed by atoms with van der Waals surface area (Å²) in [5.74, 6) is -0.570. The van der Waals surface area contributed by atoms with Gasteiger partial charge in [0.05, 0.1) is 17.7 Å². The summed E-state index contributed by atoms with van der Waals surface area (Å²) in [6.07, 6.45) is 1.02. The van der Waals surface area contributed by atoms with Crippen LogP contribution in [0.5, 0.6) is 0 Å². The predicted octanol–water partition coefficient (Wildman–Crippen LogP) is 3.72. The maximum absolute atomic E-state index is 13.3. The number of anilines is 1. The first kappa shape index (κ1) is 22.5. The number of Topliss-reactive ketones (excluding diaryl/α,β-unsaturated/α-hetero) is 1. The molecule has 8 heteroatoms. The quantitative estimate of drug-likeness (QED) is 0.702. The van der Waals surface area contributed by atoms with E-state index in [9.17, 15) is 19.2 Å². The van der Waals surface area contributed by atoms with Gasteiger partial charge in [0.1, 0.15) is 0 Å². The van der Waals surface area contributed by atoms with Crippen LogP contribution >= 0.6 is 0 Å². The molecule has 0 aromatic heterocycles. The van der Waals surface area contributed by atoms with Gasteiger partial charge in [-0.3, -0.25) is 14.4 Å². The third kappa shape index (κ3) is 4.60. The van der Waals surface area contributed by atoms with Gasteiger partial charge in [-0.2, -0.15) is 0 Å². The van der Waals surface area contributed by atoms with Crippen molar-refractivity contribution in [2.75, 3.05) is 25.0 Å². The third-order valence-electron chi connectivity index (χ3n) is 6.19. The highest BCUT2D eigenvalue weighted by atomic mass is 16.6. The van der Waals surface area contributed by atoms with E-state index < -0.39 is 0 Å². The van der Waals surface area contributed by atoms with Crippen molar-refractivity contribution in [1.29, 1.82) is 0 Å². The fourth-order valence-corrected chi connectivity index (χ4v) is 4.43. The van der Waals surface area contributed by atoms with Gasteiger partial charge >= 0.3 is 6.09 Å². The van der Waals surface area contributed by atoms with Crippen molar-refractivity contribution in [3.05, 3.63) is 64.7 Å². The second-order valence-electron chi connectivity index (χ2n) is 8.28. The van der Waals surface area contributed by atoms with Gasteiger partial charge in [0, 0.05) is 36.9 Å². The lowest BCUT2D eigenvalue weighted by Gasteiger charge is -2.36. The summed E-state index contributed by atoms with van der Waals surface area (Å²) in [6, 6.07) is 12.0. The number of piperidine rings is 1. The Morgan fingerprint density at radius 3 is 2.39 bits per heavy atom. The lowest BCUT2D eigenvalue weighted by Crippen LogP contribution is -2.47. The number of amides is 3. The van der Waals surface area contributed by atoms with Crippen molar-refractivity contribution in [1.82, 2.24) is 9.80 Å². The number of benzene rings is 2. The fourth-order valence-electron chi connectivity index (χ4n) is 4.43. The number of hydrogen-bond donors (Lipinski definition) is 1. The maximum atomic E-state index is 13.3. The van der Waals surface area contributed by atoms with Gasteiger partial charge in [0.15, 0.2) is 5.78 Å². The average Bonchev–Trinajstić information content (AvgIpc) is 3.16. The average molecular weight is 450 g/mol. The zero-order valence-corrected chi connectivity index (χ0v) is 18.8. The monoisotopic (exact) mass is 449 g/mol. The normalized spacial score (nSPS) is 15.9. The summed E-state index contributed by atoms with van der Waals surface area (Å²) in [4.78, 5) is 53.2. The molecule has 1 fully saturated rings. The second kappa shape index (κ2) is 9.44. The Labute approximate surface area is 192 Å². The van der Waals surface area contributed by atoms with Gasteiger partial charge in [-0.1, -0.05) is 12.1 Å². The molecule has 0 bridgehead atoms. The Hall–Kier alpha value is -3.68. The molecule has 2 aromatic carbocycles. The van der Waals surface area contributed by atoms with Crippen molar-refractivity contribution in [2.45, 2.75) is 39.3 Å². The molecule has 0 spiro atoms. The van der Waals surface area contributed by atoms with E-state index in [0.29, 0.717) is 61.5 Å². The number of nitrogens with zero attached hydrogens (tertiary/aromatic N) is 2. The van der Waals surface area contributed by atoms with Crippen molar-refractivity contribution >= 4 is 29.4 Å². The Bertz CT molecular complexity index is 1090. The van der Waals surface area contributed by atoms with Crippen LogP contribution in [0.15, 0.2) is 42.5 Å². The molecule has 0 aliphatic carbocycles. The standard InChI is InChI=1S/C25H27N3O5/c1-3-33-25(32)27-13-11-20(12-14-27)28-15-18-5-4-6-21(22(18)24(28)31)23(30)26-19-9-7-17(8-10-19)16(2)29/h4-10,20H,3,11-15H2,1-2H3,(H,26,30). The fraction of sp³-hybridized carbons (Fsp3) is 0.360. The number of likely N-dealkylation sites (tertiary alicyclic amines) is 1. The Morgan fingerprint density at radius 2 is 1.76 bits per heavy atom. The molecule has 0 unspecified atom stereocenters. The number of carbonyl (C=O) groups excluding carboxylic acids is 4. The molecule has 172 valence electrons. The van der Waals surface area contributed by atoms with Crippen LogP contribution in [0.4, 0.5) is 10.5 Å². The van der Waals surface area contributed by atoms with Gasteiger partial charge in [0.2, 0.25) is 0 Å². The van der Waals surface area contributed by atoms with E-state index in [1.165, 1.54) is 6.92 Å². The highest BCUT2D eigenvalue weighted by Gasteiger charge is 2.37. The molecule has 3 amide bonds. The topological polar surface area (TPSA) is 96.0 Å². The van der Waals surface area contributed by atoms with E-state index >= 15 is 0 Å². The molecule has 1 saturated heterocycles. The number of ether oxygens (including phenoxy) is 1.